The number of esters is 1. The van der Waals surface area contributed by atoms with Crippen LogP contribution >= 0.6 is 30.0 Å². The van der Waals surface area contributed by atoms with E-state index < -0.39 is 53.5 Å². The summed E-state index contributed by atoms with van der Waals surface area (Å²) in [5.74, 6) is -1.97. The van der Waals surface area contributed by atoms with Crippen molar-refractivity contribution in [3.8, 4) is 5.75 Å². The average molecular weight is 984 g/mol. The van der Waals surface area contributed by atoms with E-state index in [9.17, 15) is 0 Å². The van der Waals surface area contributed by atoms with Crippen LogP contribution in [0.15, 0.2) is 125 Å². The number of likely N-dealkylation sites (tertiary alicyclic amines) is 1. The number of thioether (sulfide) groups is 1. The first kappa shape index (κ1) is 51.2. The van der Waals surface area contributed by atoms with Crippen LogP contribution in [-0.4, -0.2) is 86.4 Å². The number of Topliss-reactive ketones (excluding diaryl/α,β-unsaturated/α-hetero) is 1. The second kappa shape index (κ2) is 21.0. The Balaban J connectivity index is 1.68. The number of methoxy groups -OCH3 is 1. The quantitative estimate of drug-likeness (QED) is 0.0260. The number of carbonyl (C=O) groups excluding carboxylic acids is 3. The lowest BCUT2D eigenvalue weighted by molar-refractivity contribution is -0.163. The molecule has 0 bridgehead atoms. The van der Waals surface area contributed by atoms with E-state index in [-0.39, 0.29) is 46.2 Å². The summed E-state index contributed by atoms with van der Waals surface area (Å²) in [6, 6.07) is 36.4. The molecule has 6 rings (SSSR count). The highest BCUT2D eigenvalue weighted by atomic mass is 32.2. The summed E-state index contributed by atoms with van der Waals surface area (Å²) >= 11 is 2.69. The van der Waals surface area contributed by atoms with Gasteiger partial charge in [-0.15, -0.1) is 10.2 Å². The Morgan fingerprint density at radius 3 is 1.76 bits per heavy atom. The molecule has 4 aromatic carbocycles. The number of ketones is 1. The van der Waals surface area contributed by atoms with Crippen LogP contribution in [0.5, 0.6) is 5.75 Å². The van der Waals surface area contributed by atoms with Crippen LogP contribution in [0, 0.1) is 11.8 Å². The van der Waals surface area contributed by atoms with Gasteiger partial charge in [0.15, 0.2) is 26.8 Å². The number of carbonyl (C=O) groups is 3. The van der Waals surface area contributed by atoms with Crippen LogP contribution in [0.3, 0.4) is 0 Å². The second-order valence-corrected chi connectivity index (χ2v) is 34.8. The SMILES string of the molecule is COc1ccc(COC(=O)C(N2C(=O)[C@H]([C@@H](C)O[Si](C)(C)C(C)(C)C)[C@H]2[C@H](CO[Si](C)(C)C(C)(C)C)C(=O)CSc2nncs2)=P(c2ccccc2)(c2ccccc2)c2ccccc2)cc1. The first-order valence-electron chi connectivity index (χ1n) is 22.4. The number of β-lactam (4-membered cyclic amide) rings is 1. The number of nitrogens with zero attached hydrogens (tertiary/aromatic N) is 3. The van der Waals surface area contributed by atoms with Crippen molar-refractivity contribution in [3.63, 3.8) is 0 Å². The molecular formula is C51H66N3O7PS2Si2. The van der Waals surface area contributed by atoms with Crippen molar-refractivity contribution in [2.45, 2.75) is 108 Å². The van der Waals surface area contributed by atoms with Gasteiger partial charge in [-0.3, -0.25) is 9.59 Å². The molecule has 66 heavy (non-hydrogen) atoms. The molecule has 0 N–H and O–H groups in total. The fourth-order valence-electron chi connectivity index (χ4n) is 7.86. The van der Waals surface area contributed by atoms with Gasteiger partial charge < -0.3 is 23.2 Å². The van der Waals surface area contributed by atoms with Gasteiger partial charge in [0.2, 0.25) is 5.91 Å². The summed E-state index contributed by atoms with van der Waals surface area (Å²) in [5, 5.41) is 10.5. The standard InChI is InChI=1S/C51H66N3O7PS2Si2/c1-36(61-66(11,12)51(5,6)7)44-45(42(33-60-65(9,10)50(2,3)4)43(55)34-63-49-53-52-35-64-49)54(46(44)56)47(48(57)59-32-37-28-30-38(58-8)31-29-37)62(39-22-16-13-17-23-39,40-24-18-14-19-25-40)41-26-20-15-21-27-41/h13-31,35-36,42,44-45H,32-34H2,1-12H3/t36-,42-,44-,45-/m1/s1. The van der Waals surface area contributed by atoms with Crippen LogP contribution in [0.2, 0.25) is 36.3 Å². The first-order valence-corrected chi connectivity index (χ1v) is 31.9. The number of rotatable bonds is 19. The summed E-state index contributed by atoms with van der Waals surface area (Å²) in [5.41, 5.74) is 2.59. The monoisotopic (exact) mass is 983 g/mol. The zero-order chi connectivity index (χ0) is 48.1. The number of amides is 1. The lowest BCUT2D eigenvalue weighted by Crippen LogP contribution is -2.72. The van der Waals surface area contributed by atoms with Crippen molar-refractivity contribution < 1.29 is 32.7 Å². The first-order chi connectivity index (χ1) is 31.1. The minimum absolute atomic E-state index is 0.0470. The van der Waals surface area contributed by atoms with E-state index in [4.69, 9.17) is 18.3 Å². The Kier molecular flexibility index (Phi) is 16.3. The zero-order valence-corrected chi connectivity index (χ0v) is 45.0. The van der Waals surface area contributed by atoms with Gasteiger partial charge in [0.1, 0.15) is 23.3 Å². The molecule has 5 aromatic rings. The Labute approximate surface area is 402 Å². The predicted molar refractivity (Wildman–Crippen MR) is 277 cm³/mol. The predicted octanol–water partition coefficient (Wildman–Crippen LogP) is 9.95. The van der Waals surface area contributed by atoms with E-state index in [0.717, 1.165) is 21.5 Å². The lowest BCUT2D eigenvalue weighted by atomic mass is 9.74. The highest BCUT2D eigenvalue weighted by Gasteiger charge is 2.60. The molecule has 0 spiro atoms. The molecule has 0 unspecified atom stereocenters. The van der Waals surface area contributed by atoms with Crippen molar-refractivity contribution in [3.05, 3.63) is 126 Å². The molecule has 0 radical (unpaired) electrons. The molecule has 0 saturated carbocycles. The van der Waals surface area contributed by atoms with E-state index >= 15 is 14.4 Å². The molecule has 10 nitrogen and oxygen atoms in total. The third-order valence-electron chi connectivity index (χ3n) is 13.6. The molecule has 0 aliphatic carbocycles. The molecule has 1 aliphatic heterocycles. The van der Waals surface area contributed by atoms with E-state index in [1.165, 1.54) is 23.1 Å². The van der Waals surface area contributed by atoms with E-state index in [1.807, 2.05) is 122 Å². The van der Waals surface area contributed by atoms with Crippen molar-refractivity contribution in [1.29, 1.82) is 0 Å². The number of hydrogen-bond acceptors (Lipinski definition) is 11. The molecule has 1 aromatic heterocycles. The van der Waals surface area contributed by atoms with Gasteiger partial charge in [0, 0.05) is 13.5 Å². The van der Waals surface area contributed by atoms with Crippen molar-refractivity contribution >= 4 is 85.6 Å². The van der Waals surface area contributed by atoms with Crippen molar-refractivity contribution in [2.24, 2.45) is 11.8 Å². The highest BCUT2D eigenvalue weighted by molar-refractivity contribution is 8.01. The maximum atomic E-state index is 15.9. The lowest BCUT2D eigenvalue weighted by Gasteiger charge is -2.55. The molecule has 1 aliphatic rings. The van der Waals surface area contributed by atoms with Gasteiger partial charge in [0.25, 0.3) is 0 Å². The molecule has 4 atom stereocenters. The largest absolute Gasteiger partial charge is 0.497 e. The molecule has 1 fully saturated rings. The van der Waals surface area contributed by atoms with Crippen molar-refractivity contribution in [2.75, 3.05) is 19.5 Å². The van der Waals surface area contributed by atoms with Gasteiger partial charge in [-0.25, -0.2) is 4.79 Å². The second-order valence-electron chi connectivity index (χ2n) is 19.9. The number of benzene rings is 4. The third kappa shape index (κ3) is 10.9. The normalized spacial score (nSPS) is 16.8. The Morgan fingerprint density at radius 2 is 1.30 bits per heavy atom. The van der Waals surface area contributed by atoms with E-state index in [1.54, 1.807) is 17.5 Å². The maximum absolute atomic E-state index is 15.9. The summed E-state index contributed by atoms with van der Waals surface area (Å²) in [7, 11) is -3.36. The molecule has 15 heteroatoms. The van der Waals surface area contributed by atoms with Gasteiger partial charge in [-0.1, -0.05) is 168 Å². The average Bonchev–Trinajstić information content (AvgIpc) is 3.81. The van der Waals surface area contributed by atoms with Gasteiger partial charge >= 0.3 is 5.97 Å². The van der Waals surface area contributed by atoms with Crippen LogP contribution in [0.25, 0.3) is 0 Å². The van der Waals surface area contributed by atoms with Gasteiger partial charge in [-0.05, 0) is 76.8 Å². The molecule has 2 heterocycles. The summed E-state index contributed by atoms with van der Waals surface area (Å²) in [6.07, 6.45) is -0.604. The van der Waals surface area contributed by atoms with E-state index in [0.29, 0.717) is 10.1 Å². The summed E-state index contributed by atoms with van der Waals surface area (Å²) in [6.45, 7) is 20.3. The minimum atomic E-state index is -3.35. The number of aromatic nitrogens is 2. The fourth-order valence-corrected chi connectivity index (χ4v) is 16.1. The number of ether oxygens (including phenoxy) is 2. The van der Waals surface area contributed by atoms with Crippen molar-refractivity contribution in [1.82, 2.24) is 15.1 Å². The summed E-state index contributed by atoms with van der Waals surface area (Å²) < 4.78 is 26.7. The molecule has 352 valence electrons. The molecule has 1 amide bonds. The number of hydrogen-bond donors (Lipinski definition) is 0. The van der Waals surface area contributed by atoms with Crippen LogP contribution < -0.4 is 20.7 Å². The fraction of sp³-hybridized carbons (Fsp3) is 0.412. The Bertz CT molecular complexity index is 2380. The minimum Gasteiger partial charge on any atom is -0.497 e. The van der Waals surface area contributed by atoms with Gasteiger partial charge in [0.05, 0.1) is 36.8 Å². The van der Waals surface area contributed by atoms with Crippen LogP contribution in [0.4, 0.5) is 0 Å². The molecular weight excluding hydrogens is 918 g/mol. The topological polar surface area (TPSA) is 117 Å². The smallest absolute Gasteiger partial charge is 0.356 e. The van der Waals surface area contributed by atoms with E-state index in [2.05, 4.69) is 77.9 Å². The maximum Gasteiger partial charge on any atom is 0.356 e. The third-order valence-corrected chi connectivity index (χ3v) is 28.8. The van der Waals surface area contributed by atoms with Crippen LogP contribution in [-0.2, 0) is 34.6 Å². The summed E-state index contributed by atoms with van der Waals surface area (Å²) in [4.78, 5) is 48.7. The highest BCUT2D eigenvalue weighted by Crippen LogP contribution is 2.52. The van der Waals surface area contributed by atoms with Gasteiger partial charge in [-0.2, -0.15) is 0 Å². The Hall–Kier alpha value is -4.15. The molecule has 1 saturated heterocycles. The Morgan fingerprint density at radius 1 is 0.788 bits per heavy atom. The zero-order valence-electron chi connectivity index (χ0n) is 40.4. The van der Waals surface area contributed by atoms with Crippen LogP contribution in [0.1, 0.15) is 54.0 Å².